The van der Waals surface area contributed by atoms with Gasteiger partial charge in [-0.2, -0.15) is 0 Å². The maximum atomic E-state index is 4.67. The van der Waals surface area contributed by atoms with E-state index in [-0.39, 0.29) is 0 Å². The first-order chi connectivity index (χ1) is 10.3. The quantitative estimate of drug-likeness (QED) is 0.837. The van der Waals surface area contributed by atoms with Crippen LogP contribution in [0.4, 0.5) is 17.3 Å². The molecule has 0 bridgehead atoms. The van der Waals surface area contributed by atoms with Gasteiger partial charge in [-0.15, -0.1) is 0 Å². The van der Waals surface area contributed by atoms with Crippen LogP contribution in [0.1, 0.15) is 44.0 Å². The Labute approximate surface area is 126 Å². The first-order valence-corrected chi connectivity index (χ1v) is 7.77. The van der Waals surface area contributed by atoms with E-state index in [1.807, 2.05) is 6.07 Å². The minimum atomic E-state index is 0.547. The zero-order valence-corrected chi connectivity index (χ0v) is 12.7. The highest BCUT2D eigenvalue weighted by Gasteiger charge is 2.27. The van der Waals surface area contributed by atoms with Gasteiger partial charge in [-0.1, -0.05) is 19.1 Å². The van der Waals surface area contributed by atoms with Crippen molar-refractivity contribution in [1.82, 2.24) is 9.97 Å². The Morgan fingerprint density at radius 1 is 1.10 bits per heavy atom. The molecule has 0 radical (unpaired) electrons. The van der Waals surface area contributed by atoms with Crippen LogP contribution in [0.25, 0.3) is 0 Å². The standard InChI is InChI=1S/C17H22N4/c1-3-12-6-5-7-14(10-12)19-16-11-15(18-4-2)20-17(21-16)13-8-9-13/h5-7,10-11,13H,3-4,8-9H2,1-2H3,(H2,18,19,20,21). The number of rotatable bonds is 6. The molecule has 1 aromatic carbocycles. The van der Waals surface area contributed by atoms with Crippen molar-refractivity contribution in [3.63, 3.8) is 0 Å². The van der Waals surface area contributed by atoms with E-state index >= 15 is 0 Å². The maximum Gasteiger partial charge on any atom is 0.136 e. The molecule has 2 aromatic rings. The van der Waals surface area contributed by atoms with Gasteiger partial charge in [0, 0.05) is 24.2 Å². The van der Waals surface area contributed by atoms with Gasteiger partial charge >= 0.3 is 0 Å². The molecule has 0 aliphatic heterocycles. The summed E-state index contributed by atoms with van der Waals surface area (Å²) in [6.45, 7) is 5.11. The molecule has 1 heterocycles. The molecule has 4 heteroatoms. The number of aromatic nitrogens is 2. The van der Waals surface area contributed by atoms with Crippen LogP contribution < -0.4 is 10.6 Å². The average molecular weight is 282 g/mol. The average Bonchev–Trinajstić information content (AvgIpc) is 3.32. The van der Waals surface area contributed by atoms with Gasteiger partial charge in [0.1, 0.15) is 17.5 Å². The summed E-state index contributed by atoms with van der Waals surface area (Å²) >= 11 is 0. The highest BCUT2D eigenvalue weighted by atomic mass is 15.1. The number of benzene rings is 1. The topological polar surface area (TPSA) is 49.8 Å². The van der Waals surface area contributed by atoms with Crippen LogP contribution in [-0.2, 0) is 6.42 Å². The lowest BCUT2D eigenvalue weighted by atomic mass is 10.1. The summed E-state index contributed by atoms with van der Waals surface area (Å²) in [6.07, 6.45) is 3.45. The Morgan fingerprint density at radius 3 is 2.62 bits per heavy atom. The molecule has 1 aromatic heterocycles. The molecule has 4 nitrogen and oxygen atoms in total. The minimum absolute atomic E-state index is 0.547. The van der Waals surface area contributed by atoms with E-state index in [1.165, 1.54) is 18.4 Å². The molecule has 110 valence electrons. The predicted molar refractivity (Wildman–Crippen MR) is 87.3 cm³/mol. The second-order valence-electron chi connectivity index (χ2n) is 5.48. The molecule has 2 N–H and O–H groups in total. The summed E-state index contributed by atoms with van der Waals surface area (Å²) in [5, 5.41) is 6.70. The van der Waals surface area contributed by atoms with E-state index in [9.17, 15) is 0 Å². The first kappa shape index (κ1) is 13.9. The number of anilines is 3. The zero-order chi connectivity index (χ0) is 14.7. The van der Waals surface area contributed by atoms with E-state index in [4.69, 9.17) is 0 Å². The van der Waals surface area contributed by atoms with E-state index < -0.39 is 0 Å². The molecule has 0 unspecified atom stereocenters. The Kier molecular flexibility index (Phi) is 4.04. The van der Waals surface area contributed by atoms with Crippen LogP contribution in [-0.4, -0.2) is 16.5 Å². The van der Waals surface area contributed by atoms with Gasteiger partial charge in [-0.25, -0.2) is 9.97 Å². The van der Waals surface area contributed by atoms with Crippen molar-refractivity contribution in [2.75, 3.05) is 17.2 Å². The second kappa shape index (κ2) is 6.12. The van der Waals surface area contributed by atoms with Gasteiger partial charge in [0.2, 0.25) is 0 Å². The van der Waals surface area contributed by atoms with Crippen LogP contribution in [0.15, 0.2) is 30.3 Å². The van der Waals surface area contributed by atoms with Gasteiger partial charge in [0.15, 0.2) is 0 Å². The fourth-order valence-electron chi connectivity index (χ4n) is 2.34. The maximum absolute atomic E-state index is 4.67. The molecular formula is C17H22N4. The van der Waals surface area contributed by atoms with Gasteiger partial charge in [0.25, 0.3) is 0 Å². The monoisotopic (exact) mass is 282 g/mol. The zero-order valence-electron chi connectivity index (χ0n) is 12.7. The molecule has 0 saturated heterocycles. The van der Waals surface area contributed by atoms with E-state index in [1.54, 1.807) is 0 Å². The smallest absolute Gasteiger partial charge is 0.136 e. The molecule has 1 aliphatic carbocycles. The SMILES string of the molecule is CCNc1cc(Nc2cccc(CC)c2)nc(C2CC2)n1. The summed E-state index contributed by atoms with van der Waals surface area (Å²) in [7, 11) is 0. The molecule has 1 saturated carbocycles. The van der Waals surface area contributed by atoms with Crippen molar-refractivity contribution in [3.05, 3.63) is 41.7 Å². The van der Waals surface area contributed by atoms with Crippen molar-refractivity contribution < 1.29 is 0 Å². The third kappa shape index (κ3) is 3.51. The largest absolute Gasteiger partial charge is 0.370 e. The molecule has 21 heavy (non-hydrogen) atoms. The summed E-state index contributed by atoms with van der Waals surface area (Å²) in [5.41, 5.74) is 2.40. The van der Waals surface area contributed by atoms with E-state index in [0.29, 0.717) is 5.92 Å². The van der Waals surface area contributed by atoms with Crippen LogP contribution in [0.5, 0.6) is 0 Å². The normalized spacial score (nSPS) is 14.0. The Balaban J connectivity index is 1.85. The molecule has 1 fully saturated rings. The summed E-state index contributed by atoms with van der Waals surface area (Å²) in [4.78, 5) is 9.26. The summed E-state index contributed by atoms with van der Waals surface area (Å²) in [5.74, 6) is 3.29. The van der Waals surface area contributed by atoms with E-state index in [0.717, 1.165) is 36.1 Å². The molecule has 0 amide bonds. The number of nitrogens with zero attached hydrogens (tertiary/aromatic N) is 2. The minimum Gasteiger partial charge on any atom is -0.370 e. The molecule has 1 aliphatic rings. The van der Waals surface area contributed by atoms with Gasteiger partial charge in [-0.3, -0.25) is 0 Å². The van der Waals surface area contributed by atoms with Crippen molar-refractivity contribution in [3.8, 4) is 0 Å². The number of aryl methyl sites for hydroxylation is 1. The number of hydrogen-bond acceptors (Lipinski definition) is 4. The lowest BCUT2D eigenvalue weighted by Crippen LogP contribution is -2.05. The van der Waals surface area contributed by atoms with Crippen molar-refractivity contribution in [2.24, 2.45) is 0 Å². The van der Waals surface area contributed by atoms with Gasteiger partial charge in [-0.05, 0) is 43.9 Å². The second-order valence-corrected chi connectivity index (χ2v) is 5.48. The molecule has 0 spiro atoms. The number of nitrogens with one attached hydrogen (secondary N) is 2. The third-order valence-corrected chi connectivity index (χ3v) is 3.65. The lowest BCUT2D eigenvalue weighted by Gasteiger charge is -2.11. The molecule has 3 rings (SSSR count). The van der Waals surface area contributed by atoms with Crippen LogP contribution >= 0.6 is 0 Å². The Hall–Kier alpha value is -2.10. The Morgan fingerprint density at radius 2 is 1.90 bits per heavy atom. The van der Waals surface area contributed by atoms with Crippen LogP contribution in [0.3, 0.4) is 0 Å². The highest BCUT2D eigenvalue weighted by molar-refractivity contribution is 5.60. The molecule has 0 atom stereocenters. The van der Waals surface area contributed by atoms with Crippen molar-refractivity contribution >= 4 is 17.3 Å². The third-order valence-electron chi connectivity index (χ3n) is 3.65. The summed E-state index contributed by atoms with van der Waals surface area (Å²) < 4.78 is 0. The van der Waals surface area contributed by atoms with Gasteiger partial charge < -0.3 is 10.6 Å². The fraction of sp³-hybridized carbons (Fsp3) is 0.412. The highest BCUT2D eigenvalue weighted by Crippen LogP contribution is 2.39. The first-order valence-electron chi connectivity index (χ1n) is 7.77. The fourth-order valence-corrected chi connectivity index (χ4v) is 2.34. The number of hydrogen-bond donors (Lipinski definition) is 2. The van der Waals surface area contributed by atoms with E-state index in [2.05, 4.69) is 58.7 Å². The molecular weight excluding hydrogens is 260 g/mol. The van der Waals surface area contributed by atoms with Crippen LogP contribution in [0, 0.1) is 0 Å². The summed E-state index contributed by atoms with van der Waals surface area (Å²) in [6, 6.07) is 10.4. The van der Waals surface area contributed by atoms with Crippen LogP contribution in [0.2, 0.25) is 0 Å². The van der Waals surface area contributed by atoms with Crippen molar-refractivity contribution in [1.29, 1.82) is 0 Å². The lowest BCUT2D eigenvalue weighted by molar-refractivity contribution is 0.927. The van der Waals surface area contributed by atoms with Gasteiger partial charge in [0.05, 0.1) is 0 Å². The predicted octanol–water partition coefficient (Wildman–Crippen LogP) is 4.09. The van der Waals surface area contributed by atoms with Crippen molar-refractivity contribution in [2.45, 2.75) is 39.0 Å². The Bertz CT molecular complexity index is 620.